The molecule has 0 N–H and O–H groups in total. The third kappa shape index (κ3) is 3.71. The van der Waals surface area contributed by atoms with Crippen LogP contribution in [0.2, 0.25) is 0 Å². The second kappa shape index (κ2) is 8.55. The molecule has 1 saturated heterocycles. The van der Waals surface area contributed by atoms with E-state index in [1.807, 2.05) is 6.92 Å². The lowest BCUT2D eigenvalue weighted by Gasteiger charge is -2.23. The second-order valence-electron chi connectivity index (χ2n) is 6.86. The number of aryl methyl sites for hydroxylation is 1. The zero-order valence-corrected chi connectivity index (χ0v) is 18.2. The Morgan fingerprint density at radius 3 is 2.47 bits per heavy atom. The van der Waals surface area contributed by atoms with E-state index < -0.39 is 35.4 Å². The Labute approximate surface area is 181 Å². The maximum absolute atomic E-state index is 16.2. The zero-order valence-electron chi connectivity index (χ0n) is 16.6. The Kier molecular flexibility index (Phi) is 6.26. The largest absolute Gasteiger partial charge is 0.496 e. The molecule has 0 aromatic heterocycles. The molecular weight excluding hydrogens is 459 g/mol. The lowest BCUT2D eigenvalue weighted by molar-refractivity contribution is -0.153. The van der Waals surface area contributed by atoms with E-state index >= 15 is 4.39 Å². The van der Waals surface area contributed by atoms with Gasteiger partial charge in [-0.05, 0) is 47.5 Å². The summed E-state index contributed by atoms with van der Waals surface area (Å²) >= 11 is 3.31. The molecular formula is C22H20BrFO6. The van der Waals surface area contributed by atoms with E-state index in [-0.39, 0.29) is 12.2 Å². The number of Topliss-reactive ketones (excluding diaryl/α,β-unsaturated/α-hetero) is 1. The molecule has 0 aliphatic carbocycles. The predicted molar refractivity (Wildman–Crippen MR) is 109 cm³/mol. The highest BCUT2D eigenvalue weighted by molar-refractivity contribution is 9.10. The molecule has 1 fully saturated rings. The first-order valence-corrected chi connectivity index (χ1v) is 10.0. The first kappa shape index (κ1) is 22.0. The molecule has 3 atom stereocenters. The minimum Gasteiger partial charge on any atom is -0.496 e. The normalized spacial score (nSPS) is 23.0. The molecule has 0 amide bonds. The average Bonchev–Trinajstić information content (AvgIpc) is 3.00. The third-order valence-corrected chi connectivity index (χ3v) is 5.61. The SMILES string of the molecule is CCOC(=O)[C@@H]1[C@H](c2ccc(Br)c(OC)c2)OC(=O)[C@]1(F)C(=O)c1ccc(C)cc1. The monoisotopic (exact) mass is 478 g/mol. The average molecular weight is 479 g/mol. The summed E-state index contributed by atoms with van der Waals surface area (Å²) in [5.41, 5.74) is -2.09. The Morgan fingerprint density at radius 1 is 1.20 bits per heavy atom. The molecule has 0 radical (unpaired) electrons. The van der Waals surface area contributed by atoms with Gasteiger partial charge in [-0.15, -0.1) is 0 Å². The van der Waals surface area contributed by atoms with Crippen molar-refractivity contribution in [2.75, 3.05) is 13.7 Å². The summed E-state index contributed by atoms with van der Waals surface area (Å²) in [6.07, 6.45) is -1.35. The van der Waals surface area contributed by atoms with Crippen LogP contribution in [0.4, 0.5) is 4.39 Å². The number of carbonyl (C=O) groups excluding carboxylic acids is 3. The van der Waals surface area contributed by atoms with Gasteiger partial charge in [-0.3, -0.25) is 9.59 Å². The van der Waals surface area contributed by atoms with Crippen LogP contribution in [0.3, 0.4) is 0 Å². The summed E-state index contributed by atoms with van der Waals surface area (Å²) in [5, 5.41) is 0. The van der Waals surface area contributed by atoms with Gasteiger partial charge in [-0.2, -0.15) is 0 Å². The van der Waals surface area contributed by atoms with E-state index in [1.165, 1.54) is 25.3 Å². The lowest BCUT2D eigenvalue weighted by Crippen LogP contribution is -2.48. The number of esters is 2. The molecule has 0 unspecified atom stereocenters. The predicted octanol–water partition coefficient (Wildman–Crippen LogP) is 4.13. The first-order chi connectivity index (χ1) is 14.2. The Bertz CT molecular complexity index is 990. The summed E-state index contributed by atoms with van der Waals surface area (Å²) in [5.74, 6) is -5.00. The number of carbonyl (C=O) groups is 3. The van der Waals surface area contributed by atoms with Crippen molar-refractivity contribution in [1.82, 2.24) is 0 Å². The van der Waals surface area contributed by atoms with Crippen LogP contribution in [0.1, 0.15) is 34.5 Å². The smallest absolute Gasteiger partial charge is 0.353 e. The van der Waals surface area contributed by atoms with E-state index in [2.05, 4.69) is 15.9 Å². The second-order valence-corrected chi connectivity index (χ2v) is 7.71. The molecule has 30 heavy (non-hydrogen) atoms. The fraction of sp³-hybridized carbons (Fsp3) is 0.318. The Morgan fingerprint density at radius 2 is 1.87 bits per heavy atom. The highest BCUT2D eigenvalue weighted by Gasteiger charge is 2.67. The molecule has 2 aromatic carbocycles. The van der Waals surface area contributed by atoms with Crippen LogP contribution in [0.25, 0.3) is 0 Å². The number of ketones is 1. The van der Waals surface area contributed by atoms with Crippen molar-refractivity contribution < 1.29 is 33.0 Å². The number of cyclic esters (lactones) is 1. The molecule has 2 aromatic rings. The van der Waals surface area contributed by atoms with Gasteiger partial charge in [0.25, 0.3) is 5.67 Å². The molecule has 8 heteroatoms. The number of ether oxygens (including phenoxy) is 3. The zero-order chi connectivity index (χ0) is 22.1. The topological polar surface area (TPSA) is 78.9 Å². The van der Waals surface area contributed by atoms with Crippen molar-refractivity contribution in [3.63, 3.8) is 0 Å². The number of hydrogen-bond donors (Lipinski definition) is 0. The first-order valence-electron chi connectivity index (χ1n) is 9.25. The van der Waals surface area contributed by atoms with Crippen LogP contribution in [-0.2, 0) is 19.1 Å². The Balaban J connectivity index is 2.10. The van der Waals surface area contributed by atoms with Crippen molar-refractivity contribution in [2.45, 2.75) is 25.6 Å². The summed E-state index contributed by atoms with van der Waals surface area (Å²) in [6.45, 7) is 3.31. The molecule has 0 bridgehead atoms. The molecule has 0 spiro atoms. The number of alkyl halides is 1. The van der Waals surface area contributed by atoms with Gasteiger partial charge in [-0.25, -0.2) is 9.18 Å². The van der Waals surface area contributed by atoms with E-state index in [0.29, 0.717) is 15.8 Å². The van der Waals surface area contributed by atoms with Crippen LogP contribution in [0, 0.1) is 12.8 Å². The number of halogens is 2. The van der Waals surface area contributed by atoms with Crippen molar-refractivity contribution >= 4 is 33.7 Å². The summed E-state index contributed by atoms with van der Waals surface area (Å²) in [4.78, 5) is 38.4. The van der Waals surface area contributed by atoms with Gasteiger partial charge >= 0.3 is 11.9 Å². The number of benzene rings is 2. The fourth-order valence-electron chi connectivity index (χ4n) is 3.39. The summed E-state index contributed by atoms with van der Waals surface area (Å²) in [6, 6.07) is 10.7. The lowest BCUT2D eigenvalue weighted by atomic mass is 9.80. The molecule has 1 heterocycles. The third-order valence-electron chi connectivity index (χ3n) is 4.95. The van der Waals surface area contributed by atoms with Crippen LogP contribution in [0.15, 0.2) is 46.9 Å². The van der Waals surface area contributed by atoms with Gasteiger partial charge in [0.05, 0.1) is 18.2 Å². The van der Waals surface area contributed by atoms with Crippen LogP contribution < -0.4 is 4.74 Å². The van der Waals surface area contributed by atoms with Crippen LogP contribution in [0.5, 0.6) is 5.75 Å². The number of methoxy groups -OCH3 is 1. The Hall–Kier alpha value is -2.74. The standard InChI is InChI=1S/C22H20BrFO6/c1-4-29-20(26)17-18(14-9-10-15(23)16(11-14)28-3)30-21(27)22(17,24)19(25)13-7-5-12(2)6-8-13/h5-11,17-18H,4H2,1-3H3/t17-,18-,22+/m0/s1. The van der Waals surface area contributed by atoms with Crippen LogP contribution in [-0.4, -0.2) is 37.1 Å². The van der Waals surface area contributed by atoms with E-state index in [4.69, 9.17) is 14.2 Å². The van der Waals surface area contributed by atoms with Gasteiger partial charge in [0.15, 0.2) is 5.92 Å². The summed E-state index contributed by atoms with van der Waals surface area (Å²) in [7, 11) is 1.44. The van der Waals surface area contributed by atoms with Gasteiger partial charge in [0, 0.05) is 5.56 Å². The maximum atomic E-state index is 16.2. The summed E-state index contributed by atoms with van der Waals surface area (Å²) < 4.78 is 32.3. The number of hydrogen-bond acceptors (Lipinski definition) is 6. The van der Waals surface area contributed by atoms with Crippen molar-refractivity contribution in [2.24, 2.45) is 5.92 Å². The van der Waals surface area contributed by atoms with Crippen LogP contribution >= 0.6 is 15.9 Å². The molecule has 0 saturated carbocycles. The van der Waals surface area contributed by atoms with Crippen molar-refractivity contribution in [1.29, 1.82) is 0 Å². The van der Waals surface area contributed by atoms with E-state index in [0.717, 1.165) is 5.56 Å². The highest BCUT2D eigenvalue weighted by Crippen LogP contribution is 2.47. The van der Waals surface area contributed by atoms with Gasteiger partial charge < -0.3 is 14.2 Å². The minimum absolute atomic E-state index is 0.0385. The molecule has 158 valence electrons. The van der Waals surface area contributed by atoms with Crippen molar-refractivity contribution in [3.05, 3.63) is 63.6 Å². The molecule has 1 aliphatic rings. The minimum atomic E-state index is -3.22. The molecule has 1 aliphatic heterocycles. The molecule has 3 rings (SSSR count). The molecule has 6 nitrogen and oxygen atoms in total. The van der Waals surface area contributed by atoms with Gasteiger partial charge in [0.2, 0.25) is 5.78 Å². The number of rotatable bonds is 6. The van der Waals surface area contributed by atoms with E-state index in [9.17, 15) is 14.4 Å². The maximum Gasteiger partial charge on any atom is 0.353 e. The van der Waals surface area contributed by atoms with Crippen molar-refractivity contribution in [3.8, 4) is 5.75 Å². The van der Waals surface area contributed by atoms with Gasteiger partial charge in [-0.1, -0.05) is 35.9 Å². The highest BCUT2D eigenvalue weighted by atomic mass is 79.9. The van der Waals surface area contributed by atoms with E-state index in [1.54, 1.807) is 31.2 Å². The van der Waals surface area contributed by atoms with Gasteiger partial charge in [0.1, 0.15) is 11.9 Å². The quantitative estimate of drug-likeness (QED) is 0.352. The fourth-order valence-corrected chi connectivity index (χ4v) is 3.79.